The second-order valence-corrected chi connectivity index (χ2v) is 6.34. The molecule has 0 unspecified atom stereocenters. The molecular formula is C13H21N3O3S. The van der Waals surface area contributed by atoms with Gasteiger partial charge < -0.3 is 5.11 Å². The lowest BCUT2D eigenvalue weighted by atomic mass is 9.81. The topological polar surface area (TPSA) is 88.0 Å². The largest absolute Gasteiger partial charge is 0.481 e. The first-order valence-electron chi connectivity index (χ1n) is 7.10. The van der Waals surface area contributed by atoms with Crippen LogP contribution in [0.2, 0.25) is 0 Å². The summed E-state index contributed by atoms with van der Waals surface area (Å²) in [6, 6.07) is 0. The first-order chi connectivity index (χ1) is 9.60. The molecule has 1 aromatic heterocycles. The third-order valence-electron chi connectivity index (χ3n) is 4.03. The van der Waals surface area contributed by atoms with E-state index in [4.69, 9.17) is 5.11 Å². The second kappa shape index (κ2) is 6.97. The van der Waals surface area contributed by atoms with Crippen molar-refractivity contribution >= 4 is 17.7 Å². The summed E-state index contributed by atoms with van der Waals surface area (Å²) >= 11 is 1.09. The Balaban J connectivity index is 1.97. The van der Waals surface area contributed by atoms with Gasteiger partial charge >= 0.3 is 11.7 Å². The Kier molecular flexibility index (Phi) is 5.28. The number of carboxylic acids is 1. The number of carbonyl (C=O) groups is 1. The molecule has 0 spiro atoms. The number of nitrogens with one attached hydrogen (secondary N) is 1. The molecule has 0 amide bonds. The van der Waals surface area contributed by atoms with Crippen LogP contribution in [0.5, 0.6) is 0 Å². The molecule has 20 heavy (non-hydrogen) atoms. The molecule has 0 radical (unpaired) electrons. The van der Waals surface area contributed by atoms with Crippen LogP contribution in [0.3, 0.4) is 0 Å². The Morgan fingerprint density at radius 2 is 2.05 bits per heavy atom. The minimum Gasteiger partial charge on any atom is -0.481 e. The molecule has 0 aliphatic heterocycles. The van der Waals surface area contributed by atoms with Crippen LogP contribution in [0, 0.1) is 11.8 Å². The van der Waals surface area contributed by atoms with E-state index in [9.17, 15) is 9.59 Å². The normalized spacial score (nSPS) is 22.9. The standard InChI is InChI=1S/C13H21N3O3S/c1-2-9-3-5-10(6-4-9)7-16-12(19)14-15-13(16)20-8-11(17)18/h9-10H,2-8H2,1H3,(H,14,19)(H,17,18). The molecule has 1 heterocycles. The van der Waals surface area contributed by atoms with Crippen LogP contribution >= 0.6 is 11.8 Å². The fourth-order valence-corrected chi connectivity index (χ4v) is 3.46. The summed E-state index contributed by atoms with van der Waals surface area (Å²) in [4.78, 5) is 22.4. The Bertz CT molecular complexity index is 503. The van der Waals surface area contributed by atoms with Gasteiger partial charge in [-0.1, -0.05) is 37.9 Å². The van der Waals surface area contributed by atoms with Crippen molar-refractivity contribution in [1.29, 1.82) is 0 Å². The molecule has 2 rings (SSSR count). The number of aromatic amines is 1. The molecule has 1 aromatic rings. The van der Waals surface area contributed by atoms with Gasteiger partial charge in [-0.05, 0) is 24.7 Å². The van der Waals surface area contributed by atoms with Gasteiger partial charge in [-0.25, -0.2) is 9.89 Å². The molecule has 1 fully saturated rings. The van der Waals surface area contributed by atoms with Gasteiger partial charge in [0.15, 0.2) is 5.16 Å². The Morgan fingerprint density at radius 3 is 2.65 bits per heavy atom. The lowest BCUT2D eigenvalue weighted by Crippen LogP contribution is -2.25. The number of rotatable bonds is 6. The third-order valence-corrected chi connectivity index (χ3v) is 4.99. The van der Waals surface area contributed by atoms with E-state index in [1.54, 1.807) is 4.57 Å². The predicted octanol–water partition coefficient (Wildman–Crippen LogP) is 1.96. The lowest BCUT2D eigenvalue weighted by Gasteiger charge is -2.27. The van der Waals surface area contributed by atoms with E-state index < -0.39 is 5.97 Å². The van der Waals surface area contributed by atoms with Crippen LogP contribution < -0.4 is 5.69 Å². The van der Waals surface area contributed by atoms with Gasteiger partial charge in [0, 0.05) is 6.54 Å². The van der Waals surface area contributed by atoms with Crippen molar-refractivity contribution in [3.8, 4) is 0 Å². The van der Waals surface area contributed by atoms with Gasteiger partial charge in [0.05, 0.1) is 5.75 Å². The van der Waals surface area contributed by atoms with Gasteiger partial charge in [-0.3, -0.25) is 9.36 Å². The summed E-state index contributed by atoms with van der Waals surface area (Å²) in [5.74, 6) is 0.346. The summed E-state index contributed by atoms with van der Waals surface area (Å²) in [7, 11) is 0. The van der Waals surface area contributed by atoms with Crippen molar-refractivity contribution in [3.63, 3.8) is 0 Å². The maximum Gasteiger partial charge on any atom is 0.343 e. The van der Waals surface area contributed by atoms with Gasteiger partial charge in [0.2, 0.25) is 0 Å². The van der Waals surface area contributed by atoms with E-state index in [0.29, 0.717) is 17.6 Å². The summed E-state index contributed by atoms with van der Waals surface area (Å²) in [5, 5.41) is 15.5. The molecule has 0 saturated heterocycles. The molecule has 1 aliphatic rings. The van der Waals surface area contributed by atoms with Gasteiger partial charge in [0.25, 0.3) is 0 Å². The highest BCUT2D eigenvalue weighted by molar-refractivity contribution is 7.99. The molecule has 1 aliphatic carbocycles. The fourth-order valence-electron chi connectivity index (χ4n) is 2.78. The minimum atomic E-state index is -0.902. The first-order valence-corrected chi connectivity index (χ1v) is 8.08. The Morgan fingerprint density at radius 1 is 1.40 bits per heavy atom. The Hall–Kier alpha value is -1.24. The van der Waals surface area contributed by atoms with Crippen LogP contribution in [0.1, 0.15) is 39.0 Å². The molecule has 1 saturated carbocycles. The maximum atomic E-state index is 11.8. The quantitative estimate of drug-likeness (QED) is 0.784. The number of thioether (sulfide) groups is 1. The minimum absolute atomic E-state index is 0.0765. The number of hydrogen-bond donors (Lipinski definition) is 2. The molecule has 0 aromatic carbocycles. The van der Waals surface area contributed by atoms with Crippen LogP contribution in [0.25, 0.3) is 0 Å². The number of H-pyrrole nitrogens is 1. The van der Waals surface area contributed by atoms with Crippen molar-refractivity contribution in [2.75, 3.05) is 5.75 Å². The van der Waals surface area contributed by atoms with E-state index in [2.05, 4.69) is 17.1 Å². The summed E-state index contributed by atoms with van der Waals surface area (Å²) in [6.45, 7) is 2.87. The van der Waals surface area contributed by atoms with Gasteiger partial charge in [0.1, 0.15) is 0 Å². The predicted molar refractivity (Wildman–Crippen MR) is 76.9 cm³/mol. The molecule has 7 heteroatoms. The molecule has 0 atom stereocenters. The van der Waals surface area contributed by atoms with Crippen LogP contribution in [-0.2, 0) is 11.3 Å². The molecule has 0 bridgehead atoms. The number of aromatic nitrogens is 3. The first kappa shape index (κ1) is 15.2. The van der Waals surface area contributed by atoms with Crippen molar-refractivity contribution in [2.24, 2.45) is 11.8 Å². The van der Waals surface area contributed by atoms with E-state index in [-0.39, 0.29) is 11.4 Å². The highest BCUT2D eigenvalue weighted by Crippen LogP contribution is 2.31. The van der Waals surface area contributed by atoms with Crippen LogP contribution in [0.15, 0.2) is 9.95 Å². The van der Waals surface area contributed by atoms with E-state index >= 15 is 0 Å². The van der Waals surface area contributed by atoms with E-state index in [1.807, 2.05) is 0 Å². The summed E-state index contributed by atoms with van der Waals surface area (Å²) < 4.78 is 1.59. The van der Waals surface area contributed by atoms with Crippen molar-refractivity contribution in [1.82, 2.24) is 14.8 Å². The molecule has 2 N–H and O–H groups in total. The fraction of sp³-hybridized carbons (Fsp3) is 0.769. The lowest BCUT2D eigenvalue weighted by molar-refractivity contribution is -0.133. The average Bonchev–Trinajstić information content (AvgIpc) is 2.78. The highest BCUT2D eigenvalue weighted by atomic mass is 32.2. The third kappa shape index (κ3) is 3.88. The SMILES string of the molecule is CCC1CCC(Cn2c(SCC(=O)O)n[nH]c2=O)CC1. The zero-order valence-electron chi connectivity index (χ0n) is 11.7. The number of aliphatic carboxylic acids is 1. The van der Waals surface area contributed by atoms with Gasteiger partial charge in [-0.2, -0.15) is 0 Å². The van der Waals surface area contributed by atoms with Crippen LogP contribution in [-0.4, -0.2) is 31.6 Å². The highest BCUT2D eigenvalue weighted by Gasteiger charge is 2.22. The molecule has 112 valence electrons. The number of hydrogen-bond acceptors (Lipinski definition) is 4. The number of carboxylic acid groups (broad SMARTS) is 1. The van der Waals surface area contributed by atoms with Crippen LogP contribution in [0.4, 0.5) is 0 Å². The van der Waals surface area contributed by atoms with E-state index in [1.165, 1.54) is 19.3 Å². The smallest absolute Gasteiger partial charge is 0.343 e. The summed E-state index contributed by atoms with van der Waals surface area (Å²) in [6.07, 6.45) is 5.97. The maximum absolute atomic E-state index is 11.8. The average molecular weight is 299 g/mol. The van der Waals surface area contributed by atoms with Gasteiger partial charge in [-0.15, -0.1) is 5.10 Å². The van der Waals surface area contributed by atoms with Crippen molar-refractivity contribution < 1.29 is 9.90 Å². The summed E-state index contributed by atoms with van der Waals surface area (Å²) in [5.41, 5.74) is -0.240. The van der Waals surface area contributed by atoms with E-state index in [0.717, 1.165) is 30.5 Å². The monoisotopic (exact) mass is 299 g/mol. The Labute approximate surface area is 122 Å². The zero-order valence-corrected chi connectivity index (χ0v) is 12.5. The molecular weight excluding hydrogens is 278 g/mol. The van der Waals surface area contributed by atoms with Crippen molar-refractivity contribution in [2.45, 2.75) is 50.7 Å². The molecule has 6 nitrogen and oxygen atoms in total. The number of nitrogens with zero attached hydrogens (tertiary/aromatic N) is 2. The second-order valence-electron chi connectivity index (χ2n) is 5.40. The van der Waals surface area contributed by atoms with Crippen molar-refractivity contribution in [3.05, 3.63) is 10.5 Å². The zero-order chi connectivity index (χ0) is 14.5.